The lowest BCUT2D eigenvalue weighted by atomic mass is 10.2. The first-order valence-electron chi connectivity index (χ1n) is 5.61. The number of hydrogen-bond donors (Lipinski definition) is 0. The van der Waals surface area contributed by atoms with Gasteiger partial charge in [-0.25, -0.2) is 4.98 Å². The van der Waals surface area contributed by atoms with Crippen molar-refractivity contribution in [3.8, 4) is 5.88 Å². The highest BCUT2D eigenvalue weighted by Gasteiger charge is 2.13. The summed E-state index contributed by atoms with van der Waals surface area (Å²) in [5, 5.41) is 3.93. The van der Waals surface area contributed by atoms with E-state index in [1.54, 1.807) is 19.4 Å². The molecule has 0 aliphatic heterocycles. The number of nitrogens with zero attached hydrogens (tertiary/aromatic N) is 4. The molecular formula is C12H16N4O2. The molecule has 0 N–H and O–H groups in total. The molecule has 0 spiro atoms. The highest BCUT2D eigenvalue weighted by atomic mass is 16.5. The maximum absolute atomic E-state index is 5.13. The Bertz CT molecular complexity index is 519. The average Bonchev–Trinajstić information content (AvgIpc) is 2.70. The van der Waals surface area contributed by atoms with Gasteiger partial charge in [0.1, 0.15) is 5.76 Å². The van der Waals surface area contributed by atoms with E-state index in [0.29, 0.717) is 18.4 Å². The van der Waals surface area contributed by atoms with E-state index < -0.39 is 0 Å². The molecule has 2 heterocycles. The molecule has 0 amide bonds. The second kappa shape index (κ2) is 5.03. The Labute approximate surface area is 106 Å². The van der Waals surface area contributed by atoms with Crippen molar-refractivity contribution < 1.29 is 9.26 Å². The summed E-state index contributed by atoms with van der Waals surface area (Å²) in [6, 6.07) is 1.72. The van der Waals surface area contributed by atoms with Crippen LogP contribution in [0.4, 0.5) is 5.95 Å². The van der Waals surface area contributed by atoms with Crippen LogP contribution in [0.2, 0.25) is 0 Å². The number of ether oxygens (including phenoxy) is 1. The fraction of sp³-hybridized carbons (Fsp3) is 0.417. The van der Waals surface area contributed by atoms with Crippen molar-refractivity contribution in [1.29, 1.82) is 0 Å². The zero-order valence-electron chi connectivity index (χ0n) is 11.0. The molecule has 6 nitrogen and oxygen atoms in total. The molecule has 2 rings (SSSR count). The first kappa shape index (κ1) is 12.3. The van der Waals surface area contributed by atoms with Gasteiger partial charge in [-0.1, -0.05) is 5.16 Å². The van der Waals surface area contributed by atoms with Crippen molar-refractivity contribution in [3.05, 3.63) is 29.3 Å². The van der Waals surface area contributed by atoms with Gasteiger partial charge in [-0.2, -0.15) is 4.98 Å². The Morgan fingerprint density at radius 3 is 2.78 bits per heavy atom. The summed E-state index contributed by atoms with van der Waals surface area (Å²) in [7, 11) is 3.50. The first-order chi connectivity index (χ1) is 8.61. The van der Waals surface area contributed by atoms with Gasteiger partial charge < -0.3 is 14.2 Å². The van der Waals surface area contributed by atoms with Crippen molar-refractivity contribution in [1.82, 2.24) is 15.1 Å². The average molecular weight is 248 g/mol. The summed E-state index contributed by atoms with van der Waals surface area (Å²) in [4.78, 5) is 10.4. The molecular weight excluding hydrogens is 232 g/mol. The van der Waals surface area contributed by atoms with Crippen molar-refractivity contribution in [3.63, 3.8) is 0 Å². The quantitative estimate of drug-likeness (QED) is 0.821. The summed E-state index contributed by atoms with van der Waals surface area (Å²) < 4.78 is 10.2. The molecule has 0 aliphatic carbocycles. The van der Waals surface area contributed by atoms with Crippen LogP contribution in [-0.4, -0.2) is 29.3 Å². The Hall–Kier alpha value is -2.11. The van der Waals surface area contributed by atoms with Crippen LogP contribution in [-0.2, 0) is 6.54 Å². The molecule has 0 radical (unpaired) electrons. The van der Waals surface area contributed by atoms with Crippen LogP contribution in [0.15, 0.2) is 16.8 Å². The van der Waals surface area contributed by atoms with Gasteiger partial charge in [-0.15, -0.1) is 0 Å². The Morgan fingerprint density at radius 1 is 1.39 bits per heavy atom. The van der Waals surface area contributed by atoms with E-state index in [4.69, 9.17) is 9.26 Å². The van der Waals surface area contributed by atoms with E-state index in [1.165, 1.54) is 0 Å². The molecule has 6 heteroatoms. The fourth-order valence-corrected chi connectivity index (χ4v) is 1.67. The Balaban J connectivity index is 2.19. The van der Waals surface area contributed by atoms with E-state index in [0.717, 1.165) is 17.0 Å². The third-order valence-electron chi connectivity index (χ3n) is 2.74. The minimum atomic E-state index is 0.547. The number of methoxy groups -OCH3 is 1. The van der Waals surface area contributed by atoms with Gasteiger partial charge in [0.15, 0.2) is 0 Å². The number of hydrogen-bond acceptors (Lipinski definition) is 6. The van der Waals surface area contributed by atoms with Gasteiger partial charge in [-0.3, -0.25) is 0 Å². The van der Waals surface area contributed by atoms with Crippen LogP contribution >= 0.6 is 0 Å². The topological polar surface area (TPSA) is 64.3 Å². The standard InChI is InChI=1S/C12H16N4O2/c1-8-10(9(2)18-15-8)7-16(3)12-13-6-5-11(14-12)17-4/h5-6H,7H2,1-4H3. The largest absolute Gasteiger partial charge is 0.481 e. The highest BCUT2D eigenvalue weighted by Crippen LogP contribution is 2.18. The molecule has 0 saturated heterocycles. The monoisotopic (exact) mass is 248 g/mol. The minimum absolute atomic E-state index is 0.547. The van der Waals surface area contributed by atoms with Crippen molar-refractivity contribution >= 4 is 5.95 Å². The third kappa shape index (κ3) is 2.42. The van der Waals surface area contributed by atoms with Crippen LogP contribution in [0.3, 0.4) is 0 Å². The van der Waals surface area contributed by atoms with Crippen LogP contribution in [0.1, 0.15) is 17.0 Å². The van der Waals surface area contributed by atoms with Crippen LogP contribution in [0, 0.1) is 13.8 Å². The van der Waals surface area contributed by atoms with Crippen molar-refractivity contribution in [2.24, 2.45) is 0 Å². The second-order valence-corrected chi connectivity index (χ2v) is 4.06. The third-order valence-corrected chi connectivity index (χ3v) is 2.74. The van der Waals surface area contributed by atoms with Gasteiger partial charge in [0.2, 0.25) is 11.8 Å². The maximum Gasteiger partial charge on any atom is 0.228 e. The lowest BCUT2D eigenvalue weighted by Gasteiger charge is -2.16. The van der Waals surface area contributed by atoms with Crippen LogP contribution < -0.4 is 9.64 Å². The summed E-state index contributed by atoms with van der Waals surface area (Å²) >= 11 is 0. The van der Waals surface area contributed by atoms with Crippen molar-refractivity contribution in [2.75, 3.05) is 19.1 Å². The zero-order valence-corrected chi connectivity index (χ0v) is 11.0. The molecule has 2 aromatic rings. The van der Waals surface area contributed by atoms with E-state index >= 15 is 0 Å². The van der Waals surface area contributed by atoms with E-state index in [1.807, 2.05) is 25.8 Å². The van der Waals surface area contributed by atoms with Gasteiger partial charge in [0, 0.05) is 24.9 Å². The molecule has 0 fully saturated rings. The summed E-state index contributed by atoms with van der Waals surface area (Å²) in [6.07, 6.45) is 1.67. The van der Waals surface area contributed by atoms with Gasteiger partial charge in [-0.05, 0) is 13.8 Å². The van der Waals surface area contributed by atoms with Gasteiger partial charge in [0.25, 0.3) is 0 Å². The highest BCUT2D eigenvalue weighted by molar-refractivity contribution is 5.34. The molecule has 0 saturated carbocycles. The minimum Gasteiger partial charge on any atom is -0.481 e. The number of aromatic nitrogens is 3. The molecule has 0 bridgehead atoms. The predicted molar refractivity (Wildman–Crippen MR) is 66.7 cm³/mol. The molecule has 0 unspecified atom stereocenters. The molecule has 0 aliphatic rings. The molecule has 96 valence electrons. The molecule has 2 aromatic heterocycles. The normalized spacial score (nSPS) is 10.4. The molecule has 0 aromatic carbocycles. The maximum atomic E-state index is 5.13. The fourth-order valence-electron chi connectivity index (χ4n) is 1.67. The lowest BCUT2D eigenvalue weighted by molar-refractivity contribution is 0.392. The SMILES string of the molecule is COc1ccnc(N(C)Cc2c(C)noc2C)n1. The zero-order chi connectivity index (χ0) is 13.1. The van der Waals surface area contributed by atoms with E-state index in [9.17, 15) is 0 Å². The van der Waals surface area contributed by atoms with Crippen LogP contribution in [0.5, 0.6) is 5.88 Å². The Morgan fingerprint density at radius 2 is 2.17 bits per heavy atom. The predicted octanol–water partition coefficient (Wildman–Crippen LogP) is 1.73. The van der Waals surface area contributed by atoms with Gasteiger partial charge in [0.05, 0.1) is 19.3 Å². The Kier molecular flexibility index (Phi) is 3.45. The summed E-state index contributed by atoms with van der Waals surface area (Å²) in [5.41, 5.74) is 1.95. The van der Waals surface area contributed by atoms with Crippen LogP contribution in [0.25, 0.3) is 0 Å². The summed E-state index contributed by atoms with van der Waals surface area (Å²) in [6.45, 7) is 4.47. The smallest absolute Gasteiger partial charge is 0.228 e. The second-order valence-electron chi connectivity index (χ2n) is 4.06. The first-order valence-corrected chi connectivity index (χ1v) is 5.61. The molecule has 0 atom stereocenters. The molecule has 18 heavy (non-hydrogen) atoms. The number of rotatable bonds is 4. The van der Waals surface area contributed by atoms with Gasteiger partial charge >= 0.3 is 0 Å². The van der Waals surface area contributed by atoms with E-state index in [2.05, 4.69) is 15.1 Å². The summed E-state index contributed by atoms with van der Waals surface area (Å²) in [5.74, 6) is 1.97. The number of anilines is 1. The number of aryl methyl sites for hydroxylation is 2. The van der Waals surface area contributed by atoms with E-state index in [-0.39, 0.29) is 0 Å². The lowest BCUT2D eigenvalue weighted by Crippen LogP contribution is -2.19. The van der Waals surface area contributed by atoms with Crippen molar-refractivity contribution in [2.45, 2.75) is 20.4 Å².